The van der Waals surface area contributed by atoms with E-state index in [-0.39, 0.29) is 11.1 Å². The smallest absolute Gasteiger partial charge is 0.279 e. The van der Waals surface area contributed by atoms with Crippen LogP contribution in [-0.2, 0) is 0 Å². The van der Waals surface area contributed by atoms with E-state index in [1.54, 1.807) is 12.1 Å². The fourth-order valence-corrected chi connectivity index (χ4v) is 2.23. The molecule has 2 rings (SSSR count). The number of nitro benzene ring substituents is 2. The van der Waals surface area contributed by atoms with Gasteiger partial charge < -0.3 is 5.32 Å². The van der Waals surface area contributed by atoms with E-state index in [0.29, 0.717) is 5.69 Å². The summed E-state index contributed by atoms with van der Waals surface area (Å²) >= 11 is 0. The molecule has 0 saturated carbocycles. The van der Waals surface area contributed by atoms with Gasteiger partial charge in [-0.3, -0.25) is 25.0 Å². The third kappa shape index (κ3) is 3.37. The normalized spacial score (nSPS) is 10.3. The molecule has 0 bridgehead atoms. The number of nitrogens with one attached hydrogen (secondary N) is 1. The van der Waals surface area contributed by atoms with Crippen molar-refractivity contribution in [3.63, 3.8) is 0 Å². The Morgan fingerprint density at radius 2 is 1.62 bits per heavy atom. The van der Waals surface area contributed by atoms with Crippen molar-refractivity contribution >= 4 is 23.0 Å². The number of hydrogen-bond acceptors (Lipinski definition) is 5. The van der Waals surface area contributed by atoms with Crippen molar-refractivity contribution in [2.24, 2.45) is 0 Å². The van der Waals surface area contributed by atoms with Crippen LogP contribution in [0.2, 0.25) is 0 Å². The molecule has 0 radical (unpaired) electrons. The number of nitro groups is 2. The number of carbonyl (C=O) groups excluding carboxylic acids is 1. The average Bonchev–Trinajstić information content (AvgIpc) is 2.50. The number of non-ortho nitro benzene ring substituents is 1. The number of amides is 1. The molecule has 0 fully saturated rings. The summed E-state index contributed by atoms with van der Waals surface area (Å²) < 4.78 is 0. The molecule has 124 valence electrons. The summed E-state index contributed by atoms with van der Waals surface area (Å²) in [4.78, 5) is 32.9. The summed E-state index contributed by atoms with van der Waals surface area (Å²) in [5.74, 6) is -0.637. The number of aryl methyl sites for hydroxylation is 2. The van der Waals surface area contributed by atoms with Crippen LogP contribution in [-0.4, -0.2) is 15.8 Å². The Morgan fingerprint density at radius 1 is 0.958 bits per heavy atom. The van der Waals surface area contributed by atoms with Gasteiger partial charge in [0.15, 0.2) is 0 Å². The number of carbonyl (C=O) groups is 1. The zero-order valence-corrected chi connectivity index (χ0v) is 13.3. The Labute approximate surface area is 137 Å². The van der Waals surface area contributed by atoms with Crippen LogP contribution in [0.1, 0.15) is 27.0 Å². The summed E-state index contributed by atoms with van der Waals surface area (Å²) in [6.07, 6.45) is 0. The Kier molecular flexibility index (Phi) is 4.59. The lowest BCUT2D eigenvalue weighted by molar-refractivity contribution is -0.394. The first-order valence-electron chi connectivity index (χ1n) is 7.02. The highest BCUT2D eigenvalue weighted by atomic mass is 16.6. The molecule has 8 heteroatoms. The van der Waals surface area contributed by atoms with Crippen LogP contribution in [0.3, 0.4) is 0 Å². The van der Waals surface area contributed by atoms with Gasteiger partial charge >= 0.3 is 0 Å². The Morgan fingerprint density at radius 3 is 2.17 bits per heavy atom. The van der Waals surface area contributed by atoms with Crippen molar-refractivity contribution in [3.05, 3.63) is 72.8 Å². The third-order valence-corrected chi connectivity index (χ3v) is 3.78. The van der Waals surface area contributed by atoms with E-state index in [9.17, 15) is 25.0 Å². The molecule has 0 atom stereocenters. The van der Waals surface area contributed by atoms with Gasteiger partial charge in [0.1, 0.15) is 0 Å². The second kappa shape index (κ2) is 6.45. The van der Waals surface area contributed by atoms with E-state index in [0.717, 1.165) is 23.3 Å². The van der Waals surface area contributed by atoms with E-state index < -0.39 is 27.1 Å². The molecule has 2 aromatic carbocycles. The number of anilines is 1. The van der Waals surface area contributed by atoms with E-state index in [4.69, 9.17) is 0 Å². The van der Waals surface area contributed by atoms with Crippen LogP contribution < -0.4 is 5.32 Å². The predicted molar refractivity (Wildman–Crippen MR) is 88.4 cm³/mol. The zero-order valence-electron chi connectivity index (χ0n) is 13.3. The molecule has 0 aliphatic carbocycles. The highest BCUT2D eigenvalue weighted by molar-refractivity contribution is 6.06. The molecule has 1 amide bonds. The van der Waals surface area contributed by atoms with Crippen molar-refractivity contribution in [2.45, 2.75) is 20.8 Å². The minimum absolute atomic E-state index is 0.0759. The molecule has 2 aromatic rings. The van der Waals surface area contributed by atoms with Gasteiger partial charge in [-0.25, -0.2) is 0 Å². The van der Waals surface area contributed by atoms with Gasteiger partial charge in [0.25, 0.3) is 17.3 Å². The van der Waals surface area contributed by atoms with Gasteiger partial charge in [-0.15, -0.1) is 0 Å². The fraction of sp³-hybridized carbons (Fsp3) is 0.188. The van der Waals surface area contributed by atoms with Crippen molar-refractivity contribution in [1.82, 2.24) is 0 Å². The Bertz CT molecular complexity index is 861. The van der Waals surface area contributed by atoms with Crippen LogP contribution in [0.5, 0.6) is 0 Å². The molecule has 8 nitrogen and oxygen atoms in total. The van der Waals surface area contributed by atoms with Crippen molar-refractivity contribution in [2.75, 3.05) is 5.32 Å². The summed E-state index contributed by atoms with van der Waals surface area (Å²) in [6, 6.07) is 7.17. The molecule has 0 spiro atoms. The Hall–Kier alpha value is -3.29. The number of benzene rings is 2. The maximum absolute atomic E-state index is 12.4. The molecule has 24 heavy (non-hydrogen) atoms. The van der Waals surface area contributed by atoms with Crippen LogP contribution >= 0.6 is 0 Å². The summed E-state index contributed by atoms with van der Waals surface area (Å²) in [5.41, 5.74) is 1.54. The molecule has 0 saturated heterocycles. The number of rotatable bonds is 4. The van der Waals surface area contributed by atoms with Crippen LogP contribution in [0.25, 0.3) is 0 Å². The first kappa shape index (κ1) is 17.1. The summed E-state index contributed by atoms with van der Waals surface area (Å²) in [7, 11) is 0. The largest absolute Gasteiger partial charge is 0.322 e. The van der Waals surface area contributed by atoms with Gasteiger partial charge in [0.05, 0.1) is 21.5 Å². The van der Waals surface area contributed by atoms with Gasteiger partial charge in [0.2, 0.25) is 0 Å². The minimum atomic E-state index is -0.765. The molecule has 0 aromatic heterocycles. The second-order valence-corrected chi connectivity index (χ2v) is 5.40. The Balaban J connectivity index is 2.46. The van der Waals surface area contributed by atoms with E-state index in [2.05, 4.69) is 5.32 Å². The van der Waals surface area contributed by atoms with E-state index in [1.165, 1.54) is 6.92 Å². The first-order valence-corrected chi connectivity index (χ1v) is 7.02. The molecule has 0 unspecified atom stereocenters. The molecule has 0 heterocycles. The number of hydrogen-bond donors (Lipinski definition) is 1. The van der Waals surface area contributed by atoms with E-state index >= 15 is 0 Å². The van der Waals surface area contributed by atoms with Gasteiger partial charge in [-0.2, -0.15) is 0 Å². The second-order valence-electron chi connectivity index (χ2n) is 5.40. The van der Waals surface area contributed by atoms with Crippen molar-refractivity contribution < 1.29 is 14.6 Å². The monoisotopic (exact) mass is 329 g/mol. The standard InChI is InChI=1S/C16H15N3O5/c1-9-4-5-12(6-10(9)2)17-16(20)14-7-13(18(21)22)8-15(11(14)3)19(23)24/h4-8H,1-3H3,(H,17,20). The van der Waals surface area contributed by atoms with E-state index in [1.807, 2.05) is 19.9 Å². The molecular formula is C16H15N3O5. The van der Waals surface area contributed by atoms with Crippen molar-refractivity contribution in [3.8, 4) is 0 Å². The third-order valence-electron chi connectivity index (χ3n) is 3.78. The topological polar surface area (TPSA) is 115 Å². The average molecular weight is 329 g/mol. The fourth-order valence-electron chi connectivity index (χ4n) is 2.23. The van der Waals surface area contributed by atoms with Crippen LogP contribution in [0, 0.1) is 41.0 Å². The van der Waals surface area contributed by atoms with Crippen LogP contribution in [0.15, 0.2) is 30.3 Å². The maximum Gasteiger partial charge on any atom is 0.279 e. The molecule has 0 aliphatic rings. The summed E-state index contributed by atoms with van der Waals surface area (Å²) in [5, 5.41) is 24.6. The maximum atomic E-state index is 12.4. The van der Waals surface area contributed by atoms with Crippen LogP contribution in [0.4, 0.5) is 17.1 Å². The SMILES string of the molecule is Cc1ccc(NC(=O)c2cc([N+](=O)[O-])cc([N+](=O)[O-])c2C)cc1C. The first-order chi connectivity index (χ1) is 11.2. The van der Waals surface area contributed by atoms with Crippen molar-refractivity contribution in [1.29, 1.82) is 0 Å². The number of nitrogens with zero attached hydrogens (tertiary/aromatic N) is 2. The van der Waals surface area contributed by atoms with Gasteiger partial charge in [-0.05, 0) is 44.0 Å². The quantitative estimate of drug-likeness (QED) is 0.678. The van der Waals surface area contributed by atoms with Gasteiger partial charge in [0, 0.05) is 17.3 Å². The summed E-state index contributed by atoms with van der Waals surface area (Å²) in [6.45, 7) is 5.20. The minimum Gasteiger partial charge on any atom is -0.322 e. The predicted octanol–water partition coefficient (Wildman–Crippen LogP) is 3.68. The van der Waals surface area contributed by atoms with Gasteiger partial charge in [-0.1, -0.05) is 6.07 Å². The lowest BCUT2D eigenvalue weighted by atomic mass is 10.0. The molecule has 1 N–H and O–H groups in total. The molecular weight excluding hydrogens is 314 g/mol. The highest BCUT2D eigenvalue weighted by Crippen LogP contribution is 2.28. The lowest BCUT2D eigenvalue weighted by Crippen LogP contribution is -2.15. The molecule has 0 aliphatic heterocycles. The lowest BCUT2D eigenvalue weighted by Gasteiger charge is -2.10. The zero-order chi connectivity index (χ0) is 18.0. The highest BCUT2D eigenvalue weighted by Gasteiger charge is 2.24.